The molecule has 3 heteroatoms. The average Bonchev–Trinajstić information content (AvgIpc) is 2.23. The van der Waals surface area contributed by atoms with Gasteiger partial charge >= 0.3 is 0 Å². The number of aryl methyl sites for hydroxylation is 1. The predicted octanol–water partition coefficient (Wildman–Crippen LogP) is 3.66. The third kappa shape index (κ3) is 4.56. The highest BCUT2D eigenvalue weighted by atomic mass is 32.2. The molecule has 0 amide bonds. The molecule has 0 aromatic heterocycles. The Bertz CT molecular complexity index is 302. The second kappa shape index (κ2) is 6.72. The minimum absolute atomic E-state index is 0.274. The molecule has 1 rings (SSSR count). The van der Waals surface area contributed by atoms with Crippen molar-refractivity contribution < 1.29 is 9.13 Å². The van der Waals surface area contributed by atoms with Crippen molar-refractivity contribution in [2.45, 2.75) is 20.3 Å². The Kier molecular flexibility index (Phi) is 5.54. The van der Waals surface area contributed by atoms with Crippen LogP contribution in [0.3, 0.4) is 0 Å². The van der Waals surface area contributed by atoms with Crippen LogP contribution in [0.2, 0.25) is 0 Å². The summed E-state index contributed by atoms with van der Waals surface area (Å²) >= 11 is 1.88. The molecule has 1 aromatic rings. The molecular weight excluding hydrogens is 211 g/mol. The lowest BCUT2D eigenvalue weighted by Gasteiger charge is -2.07. The summed E-state index contributed by atoms with van der Waals surface area (Å²) in [5, 5.41) is 0. The minimum Gasteiger partial charge on any atom is -0.490 e. The molecule has 0 aliphatic heterocycles. The van der Waals surface area contributed by atoms with Gasteiger partial charge in [-0.1, -0.05) is 13.0 Å². The van der Waals surface area contributed by atoms with Crippen molar-refractivity contribution in [2.24, 2.45) is 0 Å². The molecule has 0 atom stereocenters. The van der Waals surface area contributed by atoms with Crippen molar-refractivity contribution in [2.75, 3.05) is 18.1 Å². The molecule has 0 fully saturated rings. The quantitative estimate of drug-likeness (QED) is 0.687. The van der Waals surface area contributed by atoms with Gasteiger partial charge in [-0.05, 0) is 42.5 Å². The lowest BCUT2D eigenvalue weighted by atomic mass is 10.2. The van der Waals surface area contributed by atoms with Gasteiger partial charge in [-0.25, -0.2) is 4.39 Å². The van der Waals surface area contributed by atoms with Gasteiger partial charge in [0.15, 0.2) is 11.6 Å². The fourth-order valence-electron chi connectivity index (χ4n) is 1.21. The normalized spacial score (nSPS) is 10.3. The summed E-state index contributed by atoms with van der Waals surface area (Å²) in [5.74, 6) is 2.29. The Balaban J connectivity index is 2.33. The van der Waals surface area contributed by atoms with E-state index in [0.717, 1.165) is 23.5 Å². The van der Waals surface area contributed by atoms with Gasteiger partial charge in [0.2, 0.25) is 0 Å². The maximum atomic E-state index is 13.2. The maximum absolute atomic E-state index is 13.2. The topological polar surface area (TPSA) is 9.23 Å². The smallest absolute Gasteiger partial charge is 0.165 e. The van der Waals surface area contributed by atoms with E-state index in [1.807, 2.05) is 18.7 Å². The van der Waals surface area contributed by atoms with Crippen LogP contribution in [0.4, 0.5) is 4.39 Å². The lowest BCUT2D eigenvalue weighted by Crippen LogP contribution is -2.00. The Morgan fingerprint density at radius 2 is 2.20 bits per heavy atom. The Morgan fingerprint density at radius 3 is 2.93 bits per heavy atom. The summed E-state index contributed by atoms with van der Waals surface area (Å²) < 4.78 is 18.6. The molecule has 0 aliphatic carbocycles. The van der Waals surface area contributed by atoms with E-state index in [1.54, 1.807) is 12.1 Å². The van der Waals surface area contributed by atoms with Crippen molar-refractivity contribution in [1.29, 1.82) is 0 Å². The average molecular weight is 228 g/mol. The van der Waals surface area contributed by atoms with Crippen LogP contribution in [-0.4, -0.2) is 18.1 Å². The summed E-state index contributed by atoms with van der Waals surface area (Å²) in [6.45, 7) is 4.65. The molecule has 0 N–H and O–H groups in total. The lowest BCUT2D eigenvalue weighted by molar-refractivity contribution is 0.302. The van der Waals surface area contributed by atoms with Crippen LogP contribution in [-0.2, 0) is 0 Å². The van der Waals surface area contributed by atoms with Crippen molar-refractivity contribution in [3.05, 3.63) is 29.6 Å². The molecule has 1 aromatic carbocycles. The summed E-state index contributed by atoms with van der Waals surface area (Å²) in [6.07, 6.45) is 0.964. The fourth-order valence-corrected chi connectivity index (χ4v) is 1.82. The first kappa shape index (κ1) is 12.4. The number of rotatable bonds is 6. The van der Waals surface area contributed by atoms with Crippen LogP contribution < -0.4 is 4.74 Å². The minimum atomic E-state index is -0.274. The second-order valence-corrected chi connectivity index (χ2v) is 4.73. The van der Waals surface area contributed by atoms with Gasteiger partial charge in [0.1, 0.15) is 0 Å². The zero-order valence-electron chi connectivity index (χ0n) is 9.25. The largest absolute Gasteiger partial charge is 0.490 e. The molecule has 0 radical (unpaired) electrons. The van der Waals surface area contributed by atoms with E-state index in [9.17, 15) is 4.39 Å². The van der Waals surface area contributed by atoms with Gasteiger partial charge < -0.3 is 4.74 Å². The molecule has 1 nitrogen and oxygen atoms in total. The van der Waals surface area contributed by atoms with Crippen LogP contribution in [0.1, 0.15) is 18.9 Å². The third-order valence-electron chi connectivity index (χ3n) is 1.98. The van der Waals surface area contributed by atoms with Crippen LogP contribution in [0.15, 0.2) is 18.2 Å². The van der Waals surface area contributed by atoms with E-state index in [1.165, 1.54) is 6.07 Å². The Morgan fingerprint density at radius 1 is 1.40 bits per heavy atom. The monoisotopic (exact) mass is 228 g/mol. The summed E-state index contributed by atoms with van der Waals surface area (Å²) in [7, 11) is 0. The Labute approximate surface area is 95.0 Å². The summed E-state index contributed by atoms with van der Waals surface area (Å²) in [5.41, 5.74) is 1.02. The van der Waals surface area contributed by atoms with Crippen LogP contribution >= 0.6 is 11.8 Å². The molecule has 0 heterocycles. The third-order valence-corrected chi connectivity index (χ3v) is 2.97. The first-order valence-corrected chi connectivity index (χ1v) is 6.36. The number of ether oxygens (including phenoxy) is 1. The molecular formula is C12H17FOS. The van der Waals surface area contributed by atoms with E-state index < -0.39 is 0 Å². The van der Waals surface area contributed by atoms with E-state index in [4.69, 9.17) is 4.74 Å². The zero-order chi connectivity index (χ0) is 11.1. The van der Waals surface area contributed by atoms with Crippen molar-refractivity contribution in [1.82, 2.24) is 0 Å². The summed E-state index contributed by atoms with van der Waals surface area (Å²) in [6, 6.07) is 4.93. The molecule has 0 aliphatic rings. The summed E-state index contributed by atoms with van der Waals surface area (Å²) in [4.78, 5) is 0. The van der Waals surface area contributed by atoms with Gasteiger partial charge in [0.25, 0.3) is 0 Å². The van der Waals surface area contributed by atoms with Crippen molar-refractivity contribution in [3.8, 4) is 5.75 Å². The predicted molar refractivity (Wildman–Crippen MR) is 64.2 cm³/mol. The number of thioether (sulfide) groups is 1. The van der Waals surface area contributed by atoms with E-state index in [-0.39, 0.29) is 5.82 Å². The van der Waals surface area contributed by atoms with Crippen molar-refractivity contribution >= 4 is 11.8 Å². The zero-order valence-corrected chi connectivity index (χ0v) is 10.1. The number of halogens is 1. The standard InChI is InChI=1S/C12H17FOS/c1-3-15-8-4-7-14-12-9-10(2)5-6-11(12)13/h5-6,9H,3-4,7-8H2,1-2H3. The van der Waals surface area contributed by atoms with Crippen LogP contribution in [0, 0.1) is 12.7 Å². The van der Waals surface area contributed by atoms with Crippen LogP contribution in [0.25, 0.3) is 0 Å². The fraction of sp³-hybridized carbons (Fsp3) is 0.500. The first-order chi connectivity index (χ1) is 7.24. The highest BCUT2D eigenvalue weighted by Gasteiger charge is 2.02. The van der Waals surface area contributed by atoms with E-state index in [0.29, 0.717) is 12.4 Å². The molecule has 15 heavy (non-hydrogen) atoms. The van der Waals surface area contributed by atoms with Gasteiger partial charge in [-0.2, -0.15) is 11.8 Å². The first-order valence-electron chi connectivity index (χ1n) is 5.20. The Hall–Kier alpha value is -0.700. The maximum Gasteiger partial charge on any atom is 0.165 e. The SMILES string of the molecule is CCSCCCOc1cc(C)ccc1F. The molecule has 0 bridgehead atoms. The molecule has 0 unspecified atom stereocenters. The van der Waals surface area contributed by atoms with E-state index >= 15 is 0 Å². The highest BCUT2D eigenvalue weighted by Crippen LogP contribution is 2.18. The molecule has 0 spiro atoms. The highest BCUT2D eigenvalue weighted by molar-refractivity contribution is 7.99. The number of benzene rings is 1. The van der Waals surface area contributed by atoms with Crippen LogP contribution in [0.5, 0.6) is 5.75 Å². The molecule has 84 valence electrons. The number of hydrogen-bond donors (Lipinski definition) is 0. The van der Waals surface area contributed by atoms with Crippen molar-refractivity contribution in [3.63, 3.8) is 0 Å². The van der Waals surface area contributed by atoms with Gasteiger partial charge in [0.05, 0.1) is 6.61 Å². The van der Waals surface area contributed by atoms with Gasteiger partial charge in [0, 0.05) is 0 Å². The molecule has 0 saturated carbocycles. The van der Waals surface area contributed by atoms with Gasteiger partial charge in [-0.15, -0.1) is 0 Å². The van der Waals surface area contributed by atoms with Gasteiger partial charge in [-0.3, -0.25) is 0 Å². The number of hydrogen-bond acceptors (Lipinski definition) is 2. The second-order valence-electron chi connectivity index (χ2n) is 3.33. The molecule has 0 saturated heterocycles. The van der Waals surface area contributed by atoms with E-state index in [2.05, 4.69) is 6.92 Å².